The Morgan fingerprint density at radius 1 is 1.41 bits per heavy atom. The molecule has 1 rings (SSSR count). The van der Waals surface area contributed by atoms with Crippen molar-refractivity contribution in [3.8, 4) is 0 Å². The first kappa shape index (κ1) is 14.5. The van der Waals surface area contributed by atoms with E-state index < -0.39 is 18.7 Å². The van der Waals surface area contributed by atoms with Crippen molar-refractivity contribution in [3.63, 3.8) is 0 Å². The lowest BCUT2D eigenvalue weighted by molar-refractivity contribution is -0.203. The molecule has 0 bridgehead atoms. The van der Waals surface area contributed by atoms with Crippen LogP contribution in [-0.4, -0.2) is 27.2 Å². The van der Waals surface area contributed by atoms with E-state index in [4.69, 9.17) is 5.11 Å². The van der Waals surface area contributed by atoms with Crippen LogP contribution in [0.5, 0.6) is 0 Å². The Bertz CT molecular complexity index is 390. The van der Waals surface area contributed by atoms with Gasteiger partial charge in [-0.05, 0) is 29.3 Å². The summed E-state index contributed by atoms with van der Waals surface area (Å²) in [7, 11) is 0. The largest absolute Gasteiger partial charge is 0.414 e. The Balaban J connectivity index is 3.01. The van der Waals surface area contributed by atoms with Crippen LogP contribution in [0.4, 0.5) is 13.2 Å². The minimum Gasteiger partial charge on any atom is -0.383 e. The SMILES string of the molecule is CCc1nn(CC)c(C[C@@H](O)C(F)(F)F)c1Br. The minimum atomic E-state index is -4.60. The van der Waals surface area contributed by atoms with Crippen molar-refractivity contribution in [1.29, 1.82) is 0 Å². The molecule has 0 radical (unpaired) electrons. The topological polar surface area (TPSA) is 38.0 Å². The number of nitrogens with zero attached hydrogens (tertiary/aromatic N) is 2. The summed E-state index contributed by atoms with van der Waals surface area (Å²) < 4.78 is 38.9. The number of aliphatic hydroxyl groups is 1. The van der Waals surface area contributed by atoms with E-state index in [9.17, 15) is 13.2 Å². The lowest BCUT2D eigenvalue weighted by Crippen LogP contribution is -2.31. The van der Waals surface area contributed by atoms with Gasteiger partial charge in [0.15, 0.2) is 6.10 Å². The first-order valence-electron chi connectivity index (χ1n) is 5.30. The Morgan fingerprint density at radius 3 is 2.41 bits per heavy atom. The standard InChI is InChI=1S/C10H14BrF3N2O/c1-3-6-9(11)7(16(4-2)15-6)5-8(17)10(12,13)14/h8,17H,3-5H2,1-2H3/t8-/m1/s1. The van der Waals surface area contributed by atoms with E-state index in [1.807, 2.05) is 6.92 Å². The highest BCUT2D eigenvalue weighted by Gasteiger charge is 2.39. The summed E-state index contributed by atoms with van der Waals surface area (Å²) in [5, 5.41) is 13.3. The molecule has 1 heterocycles. The van der Waals surface area contributed by atoms with Crippen LogP contribution in [0, 0.1) is 0 Å². The molecule has 0 aliphatic carbocycles. The van der Waals surface area contributed by atoms with Crippen LogP contribution in [0.15, 0.2) is 4.47 Å². The van der Waals surface area contributed by atoms with E-state index in [2.05, 4.69) is 21.0 Å². The number of halogens is 4. The number of alkyl halides is 3. The third kappa shape index (κ3) is 3.22. The molecule has 0 aliphatic heterocycles. The monoisotopic (exact) mass is 314 g/mol. The highest BCUT2D eigenvalue weighted by molar-refractivity contribution is 9.10. The number of aliphatic hydroxyl groups excluding tert-OH is 1. The summed E-state index contributed by atoms with van der Waals surface area (Å²) in [6.07, 6.45) is -6.81. The number of aromatic nitrogens is 2. The summed E-state index contributed by atoms with van der Waals surface area (Å²) >= 11 is 3.24. The van der Waals surface area contributed by atoms with Gasteiger partial charge >= 0.3 is 6.18 Å². The van der Waals surface area contributed by atoms with Gasteiger partial charge in [-0.25, -0.2) is 0 Å². The third-order valence-electron chi connectivity index (χ3n) is 2.46. The lowest BCUT2D eigenvalue weighted by atomic mass is 10.1. The van der Waals surface area contributed by atoms with E-state index in [0.717, 1.165) is 0 Å². The molecule has 0 aromatic carbocycles. The van der Waals surface area contributed by atoms with Crippen molar-refractivity contribution in [2.75, 3.05) is 0 Å². The molecular formula is C10H14BrF3N2O. The van der Waals surface area contributed by atoms with E-state index in [1.165, 1.54) is 4.68 Å². The fourth-order valence-electron chi connectivity index (χ4n) is 1.51. The fraction of sp³-hybridized carbons (Fsp3) is 0.700. The predicted molar refractivity (Wildman–Crippen MR) is 60.7 cm³/mol. The molecule has 0 aliphatic rings. The molecule has 1 atom stereocenters. The molecular weight excluding hydrogens is 301 g/mol. The van der Waals surface area contributed by atoms with Gasteiger partial charge in [-0.1, -0.05) is 6.92 Å². The quantitative estimate of drug-likeness (QED) is 0.928. The zero-order chi connectivity index (χ0) is 13.2. The van der Waals surface area contributed by atoms with Gasteiger partial charge in [0.2, 0.25) is 0 Å². The van der Waals surface area contributed by atoms with Crippen LogP contribution in [0.25, 0.3) is 0 Å². The average Bonchev–Trinajstić information content (AvgIpc) is 2.54. The van der Waals surface area contributed by atoms with Crippen molar-refractivity contribution in [2.45, 2.75) is 45.5 Å². The van der Waals surface area contributed by atoms with Crippen molar-refractivity contribution in [2.24, 2.45) is 0 Å². The number of aryl methyl sites for hydroxylation is 2. The zero-order valence-electron chi connectivity index (χ0n) is 9.55. The highest BCUT2D eigenvalue weighted by Crippen LogP contribution is 2.28. The normalized spacial score (nSPS) is 14.1. The molecule has 7 heteroatoms. The second-order valence-electron chi connectivity index (χ2n) is 3.64. The van der Waals surface area contributed by atoms with Gasteiger partial charge in [-0.3, -0.25) is 4.68 Å². The van der Waals surface area contributed by atoms with E-state index in [-0.39, 0.29) is 0 Å². The molecule has 0 saturated carbocycles. The second kappa shape index (κ2) is 5.39. The van der Waals surface area contributed by atoms with E-state index >= 15 is 0 Å². The van der Waals surface area contributed by atoms with Gasteiger partial charge in [0.1, 0.15) is 0 Å². The Labute approximate surface area is 106 Å². The second-order valence-corrected chi connectivity index (χ2v) is 4.43. The van der Waals surface area contributed by atoms with Crippen LogP contribution in [-0.2, 0) is 19.4 Å². The minimum absolute atomic E-state index is 0.383. The predicted octanol–water partition coefficient (Wildman–Crippen LogP) is 2.69. The van der Waals surface area contributed by atoms with Crippen LogP contribution < -0.4 is 0 Å². The van der Waals surface area contributed by atoms with Crippen molar-refractivity contribution in [1.82, 2.24) is 9.78 Å². The molecule has 0 fully saturated rings. The van der Waals surface area contributed by atoms with Crippen LogP contribution in [0.1, 0.15) is 25.2 Å². The maximum atomic E-state index is 12.3. The summed E-state index contributed by atoms with van der Waals surface area (Å²) in [6, 6.07) is 0. The van der Waals surface area contributed by atoms with E-state index in [1.54, 1.807) is 6.92 Å². The zero-order valence-corrected chi connectivity index (χ0v) is 11.1. The number of hydrogen-bond acceptors (Lipinski definition) is 2. The summed E-state index contributed by atoms with van der Waals surface area (Å²) in [6.45, 7) is 4.14. The molecule has 3 nitrogen and oxygen atoms in total. The summed E-state index contributed by atoms with van der Waals surface area (Å²) in [4.78, 5) is 0. The van der Waals surface area contributed by atoms with Gasteiger partial charge < -0.3 is 5.11 Å². The van der Waals surface area contributed by atoms with Gasteiger partial charge in [0.25, 0.3) is 0 Å². The molecule has 0 saturated heterocycles. The fourth-order valence-corrected chi connectivity index (χ4v) is 2.24. The molecule has 98 valence electrons. The first-order chi connectivity index (χ1) is 7.81. The average molecular weight is 315 g/mol. The van der Waals surface area contributed by atoms with Crippen molar-refractivity contribution in [3.05, 3.63) is 15.9 Å². The van der Waals surface area contributed by atoms with Gasteiger partial charge in [0, 0.05) is 13.0 Å². The summed E-state index contributed by atoms with van der Waals surface area (Å²) in [5.41, 5.74) is 1.09. The Kier molecular flexibility index (Phi) is 4.60. The van der Waals surface area contributed by atoms with E-state index in [0.29, 0.717) is 28.8 Å². The Morgan fingerprint density at radius 2 is 2.00 bits per heavy atom. The molecule has 1 aromatic heterocycles. The van der Waals surface area contributed by atoms with Crippen LogP contribution >= 0.6 is 15.9 Å². The number of hydrogen-bond donors (Lipinski definition) is 1. The molecule has 17 heavy (non-hydrogen) atoms. The molecule has 0 unspecified atom stereocenters. The first-order valence-corrected chi connectivity index (χ1v) is 6.09. The highest BCUT2D eigenvalue weighted by atomic mass is 79.9. The molecule has 1 aromatic rings. The Hall–Kier alpha value is -0.560. The molecule has 1 N–H and O–H groups in total. The molecule has 0 amide bonds. The van der Waals surface area contributed by atoms with Crippen molar-refractivity contribution >= 4 is 15.9 Å². The summed E-state index contributed by atoms with van der Waals surface area (Å²) in [5.74, 6) is 0. The maximum Gasteiger partial charge on any atom is 0.414 e. The van der Waals surface area contributed by atoms with Crippen LogP contribution in [0.2, 0.25) is 0 Å². The van der Waals surface area contributed by atoms with Gasteiger partial charge in [0.05, 0.1) is 15.9 Å². The molecule has 0 spiro atoms. The lowest BCUT2D eigenvalue weighted by Gasteiger charge is -2.15. The maximum absolute atomic E-state index is 12.3. The smallest absolute Gasteiger partial charge is 0.383 e. The number of rotatable bonds is 4. The van der Waals surface area contributed by atoms with Crippen LogP contribution in [0.3, 0.4) is 0 Å². The van der Waals surface area contributed by atoms with Gasteiger partial charge in [-0.15, -0.1) is 0 Å². The van der Waals surface area contributed by atoms with Gasteiger partial charge in [-0.2, -0.15) is 18.3 Å². The van der Waals surface area contributed by atoms with Crippen molar-refractivity contribution < 1.29 is 18.3 Å². The third-order valence-corrected chi connectivity index (χ3v) is 3.37.